The molecule has 0 bridgehead atoms. The van der Waals surface area contributed by atoms with Crippen molar-refractivity contribution in [3.05, 3.63) is 95.5 Å². The minimum absolute atomic E-state index is 0.0623. The number of rotatable bonds is 5. The van der Waals surface area contributed by atoms with Gasteiger partial charge in [0.2, 0.25) is 5.75 Å². The number of thiocarbonyl (C=S) groups is 1. The SMILES string of the molecule is O=C1/C(=C\c2cc(Br)c(Oc3ccc(C(F)(F)F)cc3[N+](=O)[O-])c(Br)c2)SC(=S)N1c1cccc(F)c1. The molecule has 14 heteroatoms. The van der Waals surface area contributed by atoms with E-state index >= 15 is 0 Å². The molecule has 1 heterocycles. The Hall–Kier alpha value is -2.81. The smallest absolute Gasteiger partial charge is 0.416 e. The first-order valence-corrected chi connectivity index (χ1v) is 12.7. The van der Waals surface area contributed by atoms with E-state index in [1.54, 1.807) is 24.3 Å². The van der Waals surface area contributed by atoms with Gasteiger partial charge in [-0.25, -0.2) is 4.39 Å². The number of halogens is 6. The van der Waals surface area contributed by atoms with E-state index in [2.05, 4.69) is 31.9 Å². The first-order valence-electron chi connectivity index (χ1n) is 9.91. The van der Waals surface area contributed by atoms with Gasteiger partial charge in [0, 0.05) is 6.07 Å². The summed E-state index contributed by atoms with van der Waals surface area (Å²) in [7, 11) is 0. The number of benzene rings is 3. The molecule has 1 aliphatic heterocycles. The molecule has 3 aromatic rings. The zero-order valence-corrected chi connectivity index (χ0v) is 22.7. The fourth-order valence-corrected chi connectivity index (χ4v) is 5.93. The maximum atomic E-state index is 13.6. The first kappa shape index (κ1) is 27.2. The zero-order valence-electron chi connectivity index (χ0n) is 17.9. The summed E-state index contributed by atoms with van der Waals surface area (Å²) in [5.41, 5.74) is -1.25. The number of anilines is 1. The Bertz CT molecular complexity index is 1470. The largest absolute Gasteiger partial charge is 0.448 e. The van der Waals surface area contributed by atoms with Crippen LogP contribution in [0.25, 0.3) is 6.08 Å². The molecule has 0 atom stereocenters. The van der Waals surface area contributed by atoms with E-state index in [-0.39, 0.29) is 20.7 Å². The molecule has 37 heavy (non-hydrogen) atoms. The molecule has 1 aliphatic rings. The molecular formula is C23H10Br2F4N2O4S2. The highest BCUT2D eigenvalue weighted by Gasteiger charge is 2.35. The number of thioether (sulfide) groups is 1. The van der Waals surface area contributed by atoms with Gasteiger partial charge in [-0.05, 0) is 86.0 Å². The summed E-state index contributed by atoms with van der Waals surface area (Å²) in [6.07, 6.45) is -3.22. The first-order chi connectivity index (χ1) is 17.3. The second-order valence-corrected chi connectivity index (χ2v) is 10.7. The lowest BCUT2D eigenvalue weighted by Gasteiger charge is -2.14. The van der Waals surface area contributed by atoms with Crippen molar-refractivity contribution in [1.82, 2.24) is 0 Å². The lowest BCUT2D eigenvalue weighted by atomic mass is 10.1. The lowest BCUT2D eigenvalue weighted by molar-refractivity contribution is -0.385. The van der Waals surface area contributed by atoms with Crippen LogP contribution < -0.4 is 9.64 Å². The monoisotopic (exact) mass is 676 g/mol. The molecule has 0 spiro atoms. The number of alkyl halides is 3. The van der Waals surface area contributed by atoms with E-state index in [1.807, 2.05) is 0 Å². The number of hydrogen-bond donors (Lipinski definition) is 0. The average molecular weight is 678 g/mol. The van der Waals surface area contributed by atoms with Gasteiger partial charge in [-0.1, -0.05) is 30.0 Å². The molecular weight excluding hydrogens is 668 g/mol. The van der Waals surface area contributed by atoms with Crippen molar-refractivity contribution >= 4 is 83.5 Å². The molecule has 0 aliphatic carbocycles. The Morgan fingerprint density at radius 2 is 1.76 bits per heavy atom. The molecule has 0 radical (unpaired) electrons. The third kappa shape index (κ3) is 5.87. The van der Waals surface area contributed by atoms with Gasteiger partial charge in [-0.15, -0.1) is 0 Å². The predicted octanol–water partition coefficient (Wildman–Crippen LogP) is 8.48. The summed E-state index contributed by atoms with van der Waals surface area (Å²) in [5.74, 6) is -1.31. The Balaban J connectivity index is 1.64. The van der Waals surface area contributed by atoms with Crippen molar-refractivity contribution in [3.63, 3.8) is 0 Å². The number of carbonyl (C=O) groups is 1. The quantitative estimate of drug-likeness (QED) is 0.0887. The number of carbonyl (C=O) groups excluding carboxylic acids is 1. The highest BCUT2D eigenvalue weighted by molar-refractivity contribution is 9.11. The molecule has 1 amide bonds. The average Bonchev–Trinajstić information content (AvgIpc) is 3.08. The maximum absolute atomic E-state index is 13.6. The van der Waals surface area contributed by atoms with Crippen LogP contribution in [0.15, 0.2) is 68.4 Å². The fraction of sp³-hybridized carbons (Fsp3) is 0.0435. The summed E-state index contributed by atoms with van der Waals surface area (Å²) < 4.78 is 59.0. The van der Waals surface area contributed by atoms with E-state index in [4.69, 9.17) is 17.0 Å². The van der Waals surface area contributed by atoms with Crippen LogP contribution in [0, 0.1) is 15.9 Å². The molecule has 6 nitrogen and oxygen atoms in total. The second-order valence-electron chi connectivity index (χ2n) is 7.35. The minimum Gasteiger partial charge on any atom is -0.448 e. The van der Waals surface area contributed by atoms with Gasteiger partial charge < -0.3 is 4.74 Å². The molecule has 0 aromatic heterocycles. The number of nitro benzene ring substituents is 1. The molecule has 4 rings (SSSR count). The highest BCUT2D eigenvalue weighted by atomic mass is 79.9. The van der Waals surface area contributed by atoms with Crippen molar-refractivity contribution < 1.29 is 32.0 Å². The number of ether oxygens (including phenoxy) is 1. The van der Waals surface area contributed by atoms with Crippen molar-refractivity contribution in [1.29, 1.82) is 0 Å². The van der Waals surface area contributed by atoms with Crippen LogP contribution in [0.4, 0.5) is 28.9 Å². The zero-order chi connectivity index (χ0) is 27.1. The van der Waals surface area contributed by atoms with Crippen molar-refractivity contribution in [2.24, 2.45) is 0 Å². The van der Waals surface area contributed by atoms with Crippen LogP contribution in [0.1, 0.15) is 11.1 Å². The van der Waals surface area contributed by atoms with Crippen LogP contribution in [-0.4, -0.2) is 15.2 Å². The van der Waals surface area contributed by atoms with Crippen molar-refractivity contribution in [2.45, 2.75) is 6.18 Å². The second kappa shape index (κ2) is 10.5. The van der Waals surface area contributed by atoms with Gasteiger partial charge >= 0.3 is 11.9 Å². The number of nitro groups is 1. The van der Waals surface area contributed by atoms with E-state index in [1.165, 1.54) is 23.1 Å². The normalized spacial score (nSPS) is 15.0. The van der Waals surface area contributed by atoms with Crippen LogP contribution in [-0.2, 0) is 11.0 Å². The Kier molecular flexibility index (Phi) is 7.74. The number of amides is 1. The Labute approximate surface area is 232 Å². The van der Waals surface area contributed by atoms with Crippen molar-refractivity contribution in [2.75, 3.05) is 4.90 Å². The predicted molar refractivity (Wildman–Crippen MR) is 142 cm³/mol. The standard InChI is InChI=1S/C23H10Br2F4N2O4S2/c24-15-6-11(8-19-21(32)30(22(36)37-19)14-3-1-2-13(26)10-14)7-16(25)20(15)35-18-5-4-12(23(27,28)29)9-17(18)31(33)34/h1-10H/b19-8+. The highest BCUT2D eigenvalue weighted by Crippen LogP contribution is 2.43. The van der Waals surface area contributed by atoms with Crippen LogP contribution in [0.3, 0.4) is 0 Å². The molecule has 0 N–H and O–H groups in total. The summed E-state index contributed by atoms with van der Waals surface area (Å²) in [6.45, 7) is 0. The molecule has 0 unspecified atom stereocenters. The third-order valence-corrected chi connectivity index (χ3v) is 7.35. The summed E-state index contributed by atoms with van der Waals surface area (Å²) >= 11 is 12.9. The maximum Gasteiger partial charge on any atom is 0.416 e. The van der Waals surface area contributed by atoms with Crippen LogP contribution in [0.5, 0.6) is 11.5 Å². The molecule has 0 saturated carbocycles. The molecule has 3 aromatic carbocycles. The Morgan fingerprint density at radius 3 is 2.35 bits per heavy atom. The molecule has 190 valence electrons. The lowest BCUT2D eigenvalue weighted by Crippen LogP contribution is -2.27. The number of hydrogen-bond acceptors (Lipinski definition) is 6. The minimum atomic E-state index is -4.76. The fourth-order valence-electron chi connectivity index (χ4n) is 3.25. The van der Waals surface area contributed by atoms with E-state index in [0.29, 0.717) is 26.6 Å². The van der Waals surface area contributed by atoms with Gasteiger partial charge in [-0.3, -0.25) is 19.8 Å². The molecule has 1 fully saturated rings. The summed E-state index contributed by atoms with van der Waals surface area (Å²) in [5, 5.41) is 11.4. The summed E-state index contributed by atoms with van der Waals surface area (Å²) in [4.78, 5) is 24.8. The Morgan fingerprint density at radius 1 is 1.08 bits per heavy atom. The van der Waals surface area contributed by atoms with Gasteiger partial charge in [-0.2, -0.15) is 13.2 Å². The van der Waals surface area contributed by atoms with E-state index in [0.717, 1.165) is 17.8 Å². The van der Waals surface area contributed by atoms with Crippen LogP contribution in [0.2, 0.25) is 0 Å². The van der Waals surface area contributed by atoms with Crippen LogP contribution >= 0.6 is 55.8 Å². The van der Waals surface area contributed by atoms with E-state index in [9.17, 15) is 32.5 Å². The van der Waals surface area contributed by atoms with E-state index < -0.39 is 39.8 Å². The number of nitrogens with zero attached hydrogens (tertiary/aromatic N) is 2. The summed E-state index contributed by atoms with van der Waals surface area (Å²) in [6, 6.07) is 10.5. The van der Waals surface area contributed by atoms with Gasteiger partial charge in [0.15, 0.2) is 10.1 Å². The van der Waals surface area contributed by atoms with Crippen molar-refractivity contribution in [3.8, 4) is 11.5 Å². The van der Waals surface area contributed by atoms with Gasteiger partial charge in [0.05, 0.1) is 30.0 Å². The van der Waals surface area contributed by atoms with Gasteiger partial charge in [0.25, 0.3) is 5.91 Å². The molecule has 1 saturated heterocycles. The third-order valence-electron chi connectivity index (χ3n) is 4.87. The topological polar surface area (TPSA) is 72.7 Å². The van der Waals surface area contributed by atoms with Gasteiger partial charge in [0.1, 0.15) is 5.82 Å².